The fourth-order valence-electron chi connectivity index (χ4n) is 2.04. The van der Waals surface area contributed by atoms with Crippen molar-refractivity contribution in [3.63, 3.8) is 0 Å². The van der Waals surface area contributed by atoms with Gasteiger partial charge in [-0.1, -0.05) is 24.3 Å². The predicted molar refractivity (Wildman–Crippen MR) is 70.0 cm³/mol. The summed E-state index contributed by atoms with van der Waals surface area (Å²) in [6.07, 6.45) is 4.27. The van der Waals surface area contributed by atoms with Crippen LogP contribution in [-0.2, 0) is 16.4 Å². The molecule has 0 bridgehead atoms. The van der Waals surface area contributed by atoms with E-state index in [9.17, 15) is 8.42 Å². The first-order valence-electron chi connectivity index (χ1n) is 5.73. The van der Waals surface area contributed by atoms with Crippen LogP contribution in [0.2, 0.25) is 0 Å². The number of hydrogen-bond donors (Lipinski definition) is 0. The third kappa shape index (κ3) is 2.42. The third-order valence-electron chi connectivity index (χ3n) is 3.05. The lowest BCUT2D eigenvalue weighted by molar-refractivity contribution is 0.526. The maximum absolute atomic E-state index is 12.1. The Morgan fingerprint density at radius 2 is 1.82 bits per heavy atom. The van der Waals surface area contributed by atoms with Gasteiger partial charge >= 0.3 is 0 Å². The third-order valence-corrected chi connectivity index (χ3v) is 5.00. The highest BCUT2D eigenvalue weighted by atomic mass is 32.2. The Labute approximate surface area is 103 Å². The lowest BCUT2D eigenvalue weighted by Crippen LogP contribution is -2.23. The molecule has 1 aromatic carbocycles. The van der Waals surface area contributed by atoms with Crippen molar-refractivity contribution in [3.8, 4) is 0 Å². The average Bonchev–Trinajstić information content (AvgIpc) is 2.50. The zero-order valence-corrected chi connectivity index (χ0v) is 11.0. The number of fused-ring (bicyclic) bond motifs is 1. The molecule has 0 fully saturated rings. The van der Waals surface area contributed by atoms with E-state index >= 15 is 0 Å². The Bertz CT molecular complexity index is 544. The lowest BCUT2D eigenvalue weighted by Gasteiger charge is -2.13. The average molecular weight is 251 g/mol. The van der Waals surface area contributed by atoms with Crippen LogP contribution in [0.3, 0.4) is 0 Å². The van der Waals surface area contributed by atoms with Gasteiger partial charge in [-0.2, -0.15) is 0 Å². The molecule has 0 unspecified atom stereocenters. The number of allylic oxidation sites excluding steroid dienone is 1. The zero-order valence-electron chi connectivity index (χ0n) is 10.2. The van der Waals surface area contributed by atoms with Gasteiger partial charge in [0.2, 0.25) is 10.0 Å². The number of sulfonamides is 1. The van der Waals surface area contributed by atoms with E-state index in [0.717, 1.165) is 18.4 Å². The van der Waals surface area contributed by atoms with Crippen LogP contribution in [0.5, 0.6) is 0 Å². The van der Waals surface area contributed by atoms with Gasteiger partial charge in [0.05, 0.1) is 4.91 Å². The molecule has 0 amide bonds. The fourth-order valence-corrected chi connectivity index (χ4v) is 3.19. The van der Waals surface area contributed by atoms with Crippen molar-refractivity contribution in [2.75, 3.05) is 14.1 Å². The van der Waals surface area contributed by atoms with Gasteiger partial charge in [-0.05, 0) is 36.5 Å². The van der Waals surface area contributed by atoms with Crippen LogP contribution < -0.4 is 0 Å². The predicted octanol–water partition coefficient (Wildman–Crippen LogP) is 2.26. The minimum Gasteiger partial charge on any atom is -0.207 e. The topological polar surface area (TPSA) is 37.4 Å². The molecule has 0 N–H and O–H groups in total. The summed E-state index contributed by atoms with van der Waals surface area (Å²) in [6.45, 7) is 0. The molecule has 0 aromatic heterocycles. The summed E-state index contributed by atoms with van der Waals surface area (Å²) < 4.78 is 25.5. The number of hydrogen-bond acceptors (Lipinski definition) is 2. The molecule has 92 valence electrons. The summed E-state index contributed by atoms with van der Waals surface area (Å²) in [5, 5.41) is 0. The highest BCUT2D eigenvalue weighted by Gasteiger charge is 2.22. The van der Waals surface area contributed by atoms with Crippen molar-refractivity contribution in [3.05, 3.63) is 40.3 Å². The van der Waals surface area contributed by atoms with Crippen molar-refractivity contribution in [1.82, 2.24) is 4.31 Å². The Morgan fingerprint density at radius 1 is 1.12 bits per heavy atom. The first kappa shape index (κ1) is 12.3. The fraction of sp³-hybridized carbons (Fsp3) is 0.385. The molecule has 0 saturated carbocycles. The van der Waals surface area contributed by atoms with Gasteiger partial charge in [0.15, 0.2) is 0 Å². The van der Waals surface area contributed by atoms with Gasteiger partial charge in [-0.3, -0.25) is 0 Å². The molecule has 2 rings (SSSR count). The first-order chi connectivity index (χ1) is 8.01. The number of rotatable bonds is 2. The minimum absolute atomic E-state index is 0.521. The molecule has 0 saturated heterocycles. The second-order valence-electron chi connectivity index (χ2n) is 4.45. The normalized spacial score (nSPS) is 16.3. The summed E-state index contributed by atoms with van der Waals surface area (Å²) in [5.41, 5.74) is 2.27. The van der Waals surface area contributed by atoms with Crippen molar-refractivity contribution in [2.45, 2.75) is 19.3 Å². The molecule has 0 aliphatic heterocycles. The Balaban J connectivity index is 2.49. The van der Waals surface area contributed by atoms with E-state index in [1.807, 2.05) is 24.3 Å². The highest BCUT2D eigenvalue weighted by molar-refractivity contribution is 7.93. The van der Waals surface area contributed by atoms with Crippen LogP contribution in [0.4, 0.5) is 0 Å². The monoisotopic (exact) mass is 251 g/mol. The lowest BCUT2D eigenvalue weighted by atomic mass is 10.1. The highest BCUT2D eigenvalue weighted by Crippen LogP contribution is 2.26. The van der Waals surface area contributed by atoms with Gasteiger partial charge in [0.25, 0.3) is 0 Å². The molecule has 0 atom stereocenters. The largest absolute Gasteiger partial charge is 0.238 e. The van der Waals surface area contributed by atoms with Crippen LogP contribution in [0.15, 0.2) is 29.2 Å². The van der Waals surface area contributed by atoms with E-state index in [1.165, 1.54) is 9.87 Å². The maximum Gasteiger partial charge on any atom is 0.238 e. The van der Waals surface area contributed by atoms with E-state index in [4.69, 9.17) is 0 Å². The van der Waals surface area contributed by atoms with E-state index in [-0.39, 0.29) is 0 Å². The molecule has 17 heavy (non-hydrogen) atoms. The van der Waals surface area contributed by atoms with Crippen LogP contribution in [-0.4, -0.2) is 26.8 Å². The minimum atomic E-state index is -3.27. The second kappa shape index (κ2) is 4.63. The standard InChI is InChI=1S/C13H17NO2S/c1-14(2)17(15,16)13-9-5-8-11-6-3-4-7-12(11)10-13/h3-4,6-7,10H,5,8-9H2,1-2H3. The van der Waals surface area contributed by atoms with E-state index < -0.39 is 10.0 Å². The van der Waals surface area contributed by atoms with E-state index in [0.29, 0.717) is 11.3 Å². The van der Waals surface area contributed by atoms with Gasteiger partial charge in [0.1, 0.15) is 0 Å². The van der Waals surface area contributed by atoms with Crippen molar-refractivity contribution >= 4 is 16.1 Å². The molecule has 0 radical (unpaired) electrons. The molecular weight excluding hydrogens is 234 g/mol. The molecule has 4 heteroatoms. The van der Waals surface area contributed by atoms with Crippen LogP contribution in [0, 0.1) is 0 Å². The summed E-state index contributed by atoms with van der Waals surface area (Å²) in [5.74, 6) is 0. The maximum atomic E-state index is 12.1. The van der Waals surface area contributed by atoms with E-state index in [1.54, 1.807) is 14.1 Å². The molecule has 0 heterocycles. The molecule has 3 nitrogen and oxygen atoms in total. The Hall–Kier alpha value is -1.13. The van der Waals surface area contributed by atoms with Crippen LogP contribution >= 0.6 is 0 Å². The summed E-state index contributed by atoms with van der Waals surface area (Å²) in [6, 6.07) is 7.99. The second-order valence-corrected chi connectivity index (χ2v) is 6.66. The smallest absolute Gasteiger partial charge is 0.207 e. The van der Waals surface area contributed by atoms with Gasteiger partial charge in [-0.15, -0.1) is 0 Å². The van der Waals surface area contributed by atoms with Crippen molar-refractivity contribution < 1.29 is 8.42 Å². The quantitative estimate of drug-likeness (QED) is 0.808. The molecule has 1 aliphatic rings. The number of aryl methyl sites for hydroxylation is 1. The van der Waals surface area contributed by atoms with Crippen LogP contribution in [0.1, 0.15) is 24.0 Å². The van der Waals surface area contributed by atoms with Gasteiger partial charge in [-0.25, -0.2) is 12.7 Å². The summed E-state index contributed by atoms with van der Waals surface area (Å²) >= 11 is 0. The molecule has 0 spiro atoms. The van der Waals surface area contributed by atoms with Crippen molar-refractivity contribution in [1.29, 1.82) is 0 Å². The van der Waals surface area contributed by atoms with Crippen molar-refractivity contribution in [2.24, 2.45) is 0 Å². The first-order valence-corrected chi connectivity index (χ1v) is 7.17. The van der Waals surface area contributed by atoms with Gasteiger partial charge in [0, 0.05) is 14.1 Å². The summed E-state index contributed by atoms with van der Waals surface area (Å²) in [7, 11) is -0.119. The Morgan fingerprint density at radius 3 is 2.53 bits per heavy atom. The Kier molecular flexibility index (Phi) is 3.35. The van der Waals surface area contributed by atoms with E-state index in [2.05, 4.69) is 6.07 Å². The van der Waals surface area contributed by atoms with Gasteiger partial charge < -0.3 is 0 Å². The molecule has 1 aliphatic carbocycles. The van der Waals surface area contributed by atoms with Crippen LogP contribution in [0.25, 0.3) is 6.08 Å². The summed E-state index contributed by atoms with van der Waals surface area (Å²) in [4.78, 5) is 0.521. The molecule has 1 aromatic rings. The SMILES string of the molecule is CN(C)S(=O)(=O)C1=Cc2ccccc2CCC1. The molecular formula is C13H17NO2S. The number of nitrogens with zero attached hydrogens (tertiary/aromatic N) is 1. The number of benzene rings is 1. The zero-order chi connectivity index (χ0) is 12.5.